The Bertz CT molecular complexity index is 847. The average molecular weight is 582 g/mol. The van der Waals surface area contributed by atoms with Gasteiger partial charge in [-0.25, -0.2) is 4.79 Å². The summed E-state index contributed by atoms with van der Waals surface area (Å²) >= 11 is 11.8. The second-order valence-electron chi connectivity index (χ2n) is 11.1. The zero-order valence-corrected chi connectivity index (χ0v) is 26.3. The van der Waals surface area contributed by atoms with Crippen molar-refractivity contribution in [3.05, 3.63) is 45.0 Å². The Morgan fingerprint density at radius 3 is 1.36 bits per heavy atom. The van der Waals surface area contributed by atoms with Gasteiger partial charge in [0.1, 0.15) is 10.1 Å². The van der Waals surface area contributed by atoms with E-state index in [0.717, 1.165) is 25.7 Å². The van der Waals surface area contributed by atoms with Crippen LogP contribution in [0, 0.1) is 0 Å². The lowest BCUT2D eigenvalue weighted by Gasteiger charge is -2.12. The monoisotopic (exact) mass is 580 g/mol. The molecule has 0 aliphatic carbocycles. The van der Waals surface area contributed by atoms with Crippen molar-refractivity contribution >= 4 is 35.0 Å². The zero-order valence-electron chi connectivity index (χ0n) is 24.8. The lowest BCUT2D eigenvalue weighted by Crippen LogP contribution is -2.07. The van der Waals surface area contributed by atoms with Crippen molar-refractivity contribution in [2.45, 2.75) is 155 Å². The minimum absolute atomic E-state index is 0.410. The maximum Gasteiger partial charge on any atom is 0.349 e. The third-order valence-electron chi connectivity index (χ3n) is 7.65. The van der Waals surface area contributed by atoms with E-state index in [1.54, 1.807) is 6.07 Å². The molecule has 222 valence electrons. The second-order valence-corrected chi connectivity index (χ2v) is 11.9. The van der Waals surface area contributed by atoms with Crippen molar-refractivity contribution in [1.82, 2.24) is 0 Å². The van der Waals surface area contributed by atoms with E-state index in [0.29, 0.717) is 5.56 Å². The fourth-order valence-electron chi connectivity index (χ4n) is 5.17. The molecule has 0 amide bonds. The van der Waals surface area contributed by atoms with Gasteiger partial charge < -0.3 is 5.11 Å². The largest absolute Gasteiger partial charge is 0.477 e. The van der Waals surface area contributed by atoms with Crippen LogP contribution < -0.4 is 0 Å². The summed E-state index contributed by atoms with van der Waals surface area (Å²) in [5, 5.41) is 8.04. The third-order valence-corrected chi connectivity index (χ3v) is 8.46. The maximum atomic E-state index is 12.8. The van der Waals surface area contributed by atoms with Crippen LogP contribution in [0.1, 0.15) is 164 Å². The van der Waals surface area contributed by atoms with Gasteiger partial charge in [0.2, 0.25) is 5.78 Å². The molecule has 39 heavy (non-hydrogen) atoms. The molecule has 0 saturated heterocycles. The van der Waals surface area contributed by atoms with E-state index in [4.69, 9.17) is 28.3 Å². The molecular weight excluding hydrogens is 527 g/mol. The van der Waals surface area contributed by atoms with Crippen molar-refractivity contribution in [3.8, 4) is 0 Å². The molecule has 1 N–H and O–H groups in total. The first-order chi connectivity index (χ1) is 18.9. The number of aliphatic carboxylic acids is 1. The van der Waals surface area contributed by atoms with Gasteiger partial charge in [0.05, 0.1) is 0 Å². The van der Waals surface area contributed by atoms with Crippen molar-refractivity contribution < 1.29 is 14.7 Å². The van der Waals surface area contributed by atoms with Crippen LogP contribution >= 0.6 is 23.2 Å². The van der Waals surface area contributed by atoms with Gasteiger partial charge in [-0.2, -0.15) is 0 Å². The Morgan fingerprint density at radius 2 is 0.949 bits per heavy atom. The topological polar surface area (TPSA) is 54.4 Å². The van der Waals surface area contributed by atoms with E-state index in [2.05, 4.69) is 13.8 Å². The van der Waals surface area contributed by atoms with Crippen molar-refractivity contribution in [3.63, 3.8) is 0 Å². The zero-order chi connectivity index (χ0) is 28.7. The molecule has 3 nitrogen and oxygen atoms in total. The Hall–Kier alpha value is -1.32. The summed E-state index contributed by atoms with van der Waals surface area (Å²) in [4.78, 5) is 24.0. The van der Waals surface area contributed by atoms with E-state index < -0.39 is 21.8 Å². The molecule has 5 heteroatoms. The first-order valence-corrected chi connectivity index (χ1v) is 16.6. The first kappa shape index (κ1) is 35.7. The number of carboxylic acids is 1. The number of hydrogen-bond acceptors (Lipinski definition) is 2. The lowest BCUT2D eigenvalue weighted by molar-refractivity contribution is -0.131. The summed E-state index contributed by atoms with van der Waals surface area (Å²) in [7, 11) is 0. The number of benzene rings is 1. The van der Waals surface area contributed by atoms with Crippen molar-refractivity contribution in [2.24, 2.45) is 0 Å². The molecule has 0 aliphatic rings. The highest BCUT2D eigenvalue weighted by atomic mass is 35.5. The molecular formula is C34H54Cl2O3. The molecule has 1 rings (SSSR count). The number of rotatable bonds is 25. The number of carbonyl (C=O) groups excluding carboxylic acids is 1. The number of carbonyl (C=O) groups is 2. The van der Waals surface area contributed by atoms with Crippen LogP contribution in [0.25, 0.3) is 0 Å². The molecule has 0 aromatic heterocycles. The van der Waals surface area contributed by atoms with Crippen LogP contribution in [0.5, 0.6) is 0 Å². The van der Waals surface area contributed by atoms with E-state index in [1.807, 2.05) is 12.1 Å². The molecule has 0 aliphatic heterocycles. The fraction of sp³-hybridized carbons (Fsp3) is 0.706. The summed E-state index contributed by atoms with van der Waals surface area (Å²) in [5.41, 5.74) is 2.90. The van der Waals surface area contributed by atoms with Crippen molar-refractivity contribution in [1.29, 1.82) is 0 Å². The summed E-state index contributed by atoms with van der Waals surface area (Å²) in [6.07, 6.45) is 27.9. The van der Waals surface area contributed by atoms with Gasteiger partial charge in [-0.3, -0.25) is 4.79 Å². The first-order valence-electron chi connectivity index (χ1n) is 15.9. The third kappa shape index (κ3) is 16.5. The van der Waals surface area contributed by atoms with Crippen LogP contribution in [0.4, 0.5) is 0 Å². The van der Waals surface area contributed by atoms with E-state index in [9.17, 15) is 9.59 Å². The molecule has 0 spiro atoms. The molecule has 0 radical (unpaired) electrons. The summed E-state index contributed by atoms with van der Waals surface area (Å²) in [6.45, 7) is 4.51. The predicted molar refractivity (Wildman–Crippen MR) is 168 cm³/mol. The predicted octanol–water partition coefficient (Wildman–Crippen LogP) is 11.6. The Kier molecular flexibility index (Phi) is 21.4. The Balaban J connectivity index is 2.61. The fourth-order valence-corrected chi connectivity index (χ4v) is 5.45. The quantitative estimate of drug-likeness (QED) is 0.0710. The highest BCUT2D eigenvalue weighted by molar-refractivity contribution is 6.54. The van der Waals surface area contributed by atoms with E-state index in [-0.39, 0.29) is 0 Å². The molecule has 1 aromatic carbocycles. The van der Waals surface area contributed by atoms with Gasteiger partial charge in [0, 0.05) is 5.56 Å². The van der Waals surface area contributed by atoms with Gasteiger partial charge in [-0.05, 0) is 42.9 Å². The molecule has 0 saturated carbocycles. The number of Topliss-reactive ketones (excluding diaryl/α,β-unsaturated/α-hetero) is 1. The summed E-state index contributed by atoms with van der Waals surface area (Å²) in [6, 6.07) is 5.71. The second kappa shape index (κ2) is 23.4. The highest BCUT2D eigenvalue weighted by Gasteiger charge is 2.19. The van der Waals surface area contributed by atoms with Crippen LogP contribution in [0.15, 0.2) is 28.3 Å². The SMILES string of the molecule is CCCCCCCCCCCCc1ccc(C(=O)C(Cl)=C(Cl)C(=O)O)cc1CCCCCCCCCCCC. The van der Waals surface area contributed by atoms with Gasteiger partial charge >= 0.3 is 5.97 Å². The molecule has 0 atom stereocenters. The number of unbranched alkanes of at least 4 members (excludes halogenated alkanes) is 18. The van der Waals surface area contributed by atoms with E-state index in [1.165, 1.54) is 127 Å². The molecule has 1 aromatic rings. The van der Waals surface area contributed by atoms with Crippen LogP contribution in [0.2, 0.25) is 0 Å². The van der Waals surface area contributed by atoms with Crippen LogP contribution in [-0.2, 0) is 17.6 Å². The Morgan fingerprint density at radius 1 is 0.564 bits per heavy atom. The maximum absolute atomic E-state index is 12.8. The highest BCUT2D eigenvalue weighted by Crippen LogP contribution is 2.24. The number of ketones is 1. The minimum Gasteiger partial charge on any atom is -0.477 e. The number of hydrogen-bond donors (Lipinski definition) is 1. The van der Waals surface area contributed by atoms with Crippen LogP contribution in [-0.4, -0.2) is 16.9 Å². The lowest BCUT2D eigenvalue weighted by atomic mass is 9.93. The smallest absolute Gasteiger partial charge is 0.349 e. The number of allylic oxidation sites excluding steroid dienone is 1. The standard InChI is InChI=1S/C34H54Cl2O3/c1-3-5-7-9-11-13-15-17-19-21-23-28-25-26-30(33(37)31(35)32(36)34(38)39)27-29(28)24-22-20-18-16-14-12-10-8-6-4-2/h25-27H,3-24H2,1-2H3,(H,38,39). The summed E-state index contributed by atoms with van der Waals surface area (Å²) < 4.78 is 0. The van der Waals surface area contributed by atoms with Crippen molar-refractivity contribution in [2.75, 3.05) is 0 Å². The normalized spacial score (nSPS) is 12.0. The molecule has 0 heterocycles. The van der Waals surface area contributed by atoms with Gasteiger partial charge in [0.25, 0.3) is 0 Å². The molecule has 0 bridgehead atoms. The average Bonchev–Trinajstić information content (AvgIpc) is 2.94. The molecule has 0 unspecified atom stereocenters. The molecule has 0 fully saturated rings. The minimum atomic E-state index is -1.39. The van der Waals surface area contributed by atoms with E-state index >= 15 is 0 Å². The van der Waals surface area contributed by atoms with Crippen LogP contribution in [0.3, 0.4) is 0 Å². The number of carboxylic acid groups (broad SMARTS) is 1. The van der Waals surface area contributed by atoms with Gasteiger partial charge in [-0.1, -0.05) is 165 Å². The van der Waals surface area contributed by atoms with Gasteiger partial charge in [0.15, 0.2) is 0 Å². The summed E-state index contributed by atoms with van der Waals surface area (Å²) in [5.74, 6) is -1.92. The number of halogens is 2. The van der Waals surface area contributed by atoms with Gasteiger partial charge in [-0.15, -0.1) is 0 Å². The Labute approximate surface area is 249 Å². The number of aryl methyl sites for hydroxylation is 2.